The lowest BCUT2D eigenvalue weighted by molar-refractivity contribution is -0.201. The number of pyridine rings is 1. The Bertz CT molecular complexity index is 952. The van der Waals surface area contributed by atoms with E-state index in [0.717, 1.165) is 44.8 Å². The van der Waals surface area contributed by atoms with E-state index in [2.05, 4.69) is 4.98 Å². The average Bonchev–Trinajstić information content (AvgIpc) is 2.70. The third-order valence-corrected chi connectivity index (χ3v) is 5.37. The molecule has 33 heavy (non-hydrogen) atoms. The number of ether oxygens (including phenoxy) is 4. The molecule has 1 aliphatic rings. The first-order valence-corrected chi connectivity index (χ1v) is 10.2. The average molecular weight is 491 g/mol. The van der Waals surface area contributed by atoms with Crippen molar-refractivity contribution < 1.29 is 46.5 Å². The van der Waals surface area contributed by atoms with Crippen molar-refractivity contribution in [2.24, 2.45) is 5.73 Å². The highest BCUT2D eigenvalue weighted by Gasteiger charge is 2.49. The fraction of sp³-hybridized carbons (Fsp3) is 0.526. The van der Waals surface area contributed by atoms with Gasteiger partial charge in [-0.3, -0.25) is 14.4 Å². The van der Waals surface area contributed by atoms with Crippen molar-refractivity contribution in [3.05, 3.63) is 23.5 Å². The van der Waals surface area contributed by atoms with E-state index in [1.807, 2.05) is 0 Å². The zero-order chi connectivity index (χ0) is 24.9. The van der Waals surface area contributed by atoms with Crippen LogP contribution in [0.25, 0.3) is 0 Å². The van der Waals surface area contributed by atoms with Crippen LogP contribution >= 0.6 is 11.8 Å². The first-order valence-electron chi connectivity index (χ1n) is 9.36. The zero-order valence-electron chi connectivity index (χ0n) is 17.6. The minimum Gasteiger partial charge on any atom is -0.463 e. The lowest BCUT2D eigenvalue weighted by Gasteiger charge is -2.43. The molecule has 0 aromatic carbocycles. The molecule has 10 nitrogen and oxygen atoms in total. The highest BCUT2D eigenvalue weighted by atomic mass is 32.2. The van der Waals surface area contributed by atoms with Gasteiger partial charge in [0, 0.05) is 31.9 Å². The van der Waals surface area contributed by atoms with Gasteiger partial charge in [-0.25, -0.2) is 4.98 Å². The number of hydrogen-bond donors (Lipinski definition) is 1. The first kappa shape index (κ1) is 26.4. The highest BCUT2D eigenvalue weighted by molar-refractivity contribution is 7.99. The minimum atomic E-state index is -4.83. The molecule has 5 unspecified atom stereocenters. The lowest BCUT2D eigenvalue weighted by atomic mass is 9.97. The van der Waals surface area contributed by atoms with Gasteiger partial charge in [0.25, 0.3) is 0 Å². The predicted molar refractivity (Wildman–Crippen MR) is 104 cm³/mol. The summed E-state index contributed by atoms with van der Waals surface area (Å²) in [4.78, 5) is 37.8. The molecule has 5 atom stereocenters. The van der Waals surface area contributed by atoms with Gasteiger partial charge in [-0.05, 0) is 6.07 Å². The molecule has 0 aliphatic carbocycles. The Morgan fingerprint density at radius 2 is 1.79 bits per heavy atom. The van der Waals surface area contributed by atoms with E-state index in [0.29, 0.717) is 0 Å². The monoisotopic (exact) mass is 491 g/mol. The Balaban J connectivity index is 2.39. The summed E-state index contributed by atoms with van der Waals surface area (Å²) in [5.41, 5.74) is 3.00. The highest BCUT2D eigenvalue weighted by Crippen LogP contribution is 2.37. The van der Waals surface area contributed by atoms with Crippen molar-refractivity contribution in [1.29, 1.82) is 5.26 Å². The number of nitriles is 1. The van der Waals surface area contributed by atoms with Gasteiger partial charge in [-0.2, -0.15) is 18.4 Å². The van der Waals surface area contributed by atoms with Crippen molar-refractivity contribution >= 4 is 29.7 Å². The van der Waals surface area contributed by atoms with Crippen LogP contribution in [0.5, 0.6) is 0 Å². The summed E-state index contributed by atoms with van der Waals surface area (Å²) in [6.07, 6.45) is -7.39. The van der Waals surface area contributed by atoms with Crippen LogP contribution in [0.4, 0.5) is 13.2 Å². The summed E-state index contributed by atoms with van der Waals surface area (Å²) in [6, 6.07) is 1.26. The molecule has 0 saturated carbocycles. The lowest BCUT2D eigenvalue weighted by Crippen LogP contribution is -2.63. The number of thioether (sulfide) groups is 1. The van der Waals surface area contributed by atoms with Gasteiger partial charge in [-0.1, -0.05) is 11.8 Å². The second-order valence-corrected chi connectivity index (χ2v) is 8.04. The molecule has 14 heteroatoms. The number of alkyl halides is 3. The fourth-order valence-electron chi connectivity index (χ4n) is 3.00. The van der Waals surface area contributed by atoms with E-state index in [9.17, 15) is 27.6 Å². The largest absolute Gasteiger partial charge is 0.463 e. The Labute approximate surface area is 190 Å². The van der Waals surface area contributed by atoms with Crippen LogP contribution in [0, 0.1) is 11.3 Å². The van der Waals surface area contributed by atoms with Gasteiger partial charge < -0.3 is 24.7 Å². The van der Waals surface area contributed by atoms with E-state index in [1.165, 1.54) is 6.07 Å². The molecule has 1 aromatic heterocycles. The number of nitrogens with two attached hydrogens (primary N) is 1. The maximum absolute atomic E-state index is 13.0. The molecule has 180 valence electrons. The van der Waals surface area contributed by atoms with Crippen molar-refractivity contribution in [3.63, 3.8) is 0 Å². The van der Waals surface area contributed by atoms with Gasteiger partial charge >= 0.3 is 24.1 Å². The topological polar surface area (TPSA) is 151 Å². The number of halogens is 3. The molecule has 1 aliphatic heterocycles. The molecule has 0 spiro atoms. The SMILES string of the molecule is CC(=O)OCC1OC(Sc2cnc(C(F)(F)F)c(C#N)c2)C(OC(C)=O)C(N)C1OC(C)=O. The molecule has 1 saturated heterocycles. The third kappa shape index (κ3) is 7.04. The van der Waals surface area contributed by atoms with Crippen LogP contribution in [0.2, 0.25) is 0 Å². The molecule has 0 radical (unpaired) electrons. The fourth-order valence-corrected chi connectivity index (χ4v) is 4.14. The van der Waals surface area contributed by atoms with E-state index >= 15 is 0 Å². The quantitative estimate of drug-likeness (QED) is 0.456. The normalized spacial score (nSPS) is 25.0. The zero-order valence-corrected chi connectivity index (χ0v) is 18.4. The predicted octanol–water partition coefficient (Wildman–Crippen LogP) is 1.54. The number of rotatable bonds is 6. The van der Waals surface area contributed by atoms with Crippen LogP contribution in [-0.2, 0) is 39.5 Å². The number of esters is 3. The Kier molecular flexibility index (Phi) is 8.64. The van der Waals surface area contributed by atoms with Crippen molar-refractivity contribution in [2.75, 3.05) is 6.61 Å². The van der Waals surface area contributed by atoms with E-state index in [1.54, 1.807) is 0 Å². The van der Waals surface area contributed by atoms with Gasteiger partial charge in [0.2, 0.25) is 0 Å². The number of carbonyl (C=O) groups excluding carboxylic acids is 3. The molecule has 2 heterocycles. The molecular formula is C19H20F3N3O7S. The summed E-state index contributed by atoms with van der Waals surface area (Å²) >= 11 is 0.785. The summed E-state index contributed by atoms with van der Waals surface area (Å²) in [5, 5.41) is 9.09. The summed E-state index contributed by atoms with van der Waals surface area (Å²) in [6.45, 7) is 3.01. The third-order valence-electron chi connectivity index (χ3n) is 4.26. The smallest absolute Gasteiger partial charge is 0.434 e. The van der Waals surface area contributed by atoms with Crippen LogP contribution < -0.4 is 5.73 Å². The summed E-state index contributed by atoms with van der Waals surface area (Å²) in [7, 11) is 0. The maximum atomic E-state index is 13.0. The van der Waals surface area contributed by atoms with Gasteiger partial charge in [0.05, 0.1) is 11.6 Å². The first-order chi connectivity index (χ1) is 15.3. The number of hydrogen-bond acceptors (Lipinski definition) is 11. The van der Waals surface area contributed by atoms with Crippen LogP contribution in [0.15, 0.2) is 17.2 Å². The second kappa shape index (κ2) is 10.8. The van der Waals surface area contributed by atoms with Gasteiger partial charge in [0.15, 0.2) is 11.8 Å². The van der Waals surface area contributed by atoms with Gasteiger partial charge in [-0.15, -0.1) is 0 Å². The number of carbonyl (C=O) groups is 3. The van der Waals surface area contributed by atoms with E-state index in [4.69, 9.17) is 29.9 Å². The second-order valence-electron chi connectivity index (χ2n) is 6.87. The van der Waals surface area contributed by atoms with E-state index in [-0.39, 0.29) is 11.5 Å². The number of aromatic nitrogens is 1. The van der Waals surface area contributed by atoms with Crippen molar-refractivity contribution in [3.8, 4) is 6.07 Å². The van der Waals surface area contributed by atoms with Crippen molar-refractivity contribution in [1.82, 2.24) is 4.98 Å². The molecule has 0 amide bonds. The van der Waals surface area contributed by atoms with Crippen molar-refractivity contribution in [2.45, 2.75) is 61.6 Å². The Morgan fingerprint density at radius 3 is 2.30 bits per heavy atom. The summed E-state index contributed by atoms with van der Waals surface area (Å²) in [5.74, 6) is -2.11. The maximum Gasteiger partial charge on any atom is 0.434 e. The van der Waals surface area contributed by atoms with E-state index < -0.39 is 65.1 Å². The van der Waals surface area contributed by atoms with Gasteiger partial charge in [0.1, 0.15) is 30.3 Å². The molecular weight excluding hydrogens is 471 g/mol. The number of nitrogens with zero attached hydrogens (tertiary/aromatic N) is 2. The van der Waals surface area contributed by atoms with Crippen LogP contribution in [-0.4, -0.2) is 59.3 Å². The molecule has 2 N–H and O–H groups in total. The van der Waals surface area contributed by atoms with Crippen LogP contribution in [0.3, 0.4) is 0 Å². The minimum absolute atomic E-state index is 0.0890. The summed E-state index contributed by atoms with van der Waals surface area (Å²) < 4.78 is 60.3. The Morgan fingerprint density at radius 1 is 1.18 bits per heavy atom. The molecule has 1 fully saturated rings. The Hall–Kier alpha value is -2.89. The molecule has 2 rings (SSSR count). The standard InChI is InChI=1S/C19H20F3N3O7S/c1-8(26)29-7-13-15(30-9(2)27)14(24)16(31-10(3)28)18(32-13)33-12-4-11(5-23)17(25-6-12)19(20,21)22/h4,6,13-16,18H,7,24H2,1-3H3. The van der Waals surface area contributed by atoms with Crippen LogP contribution in [0.1, 0.15) is 32.0 Å². The molecule has 1 aromatic rings. The molecule has 0 bridgehead atoms.